The molecule has 3 aromatic rings. The van der Waals surface area contributed by atoms with Gasteiger partial charge in [-0.05, 0) is 49.7 Å². The summed E-state index contributed by atoms with van der Waals surface area (Å²) in [4.78, 5) is 12.6. The maximum atomic E-state index is 12.6. The SMILES string of the molecule is CNS(=O)(=O)c1ccc(C(=O)NC(CCSC)c2nnc3ccccn23)o1. The molecular weight excluding hydrogens is 390 g/mol. The van der Waals surface area contributed by atoms with Gasteiger partial charge in [-0.25, -0.2) is 13.1 Å². The van der Waals surface area contributed by atoms with Gasteiger partial charge in [0.05, 0.1) is 6.04 Å². The summed E-state index contributed by atoms with van der Waals surface area (Å²) >= 11 is 1.65. The third-order valence-corrected chi connectivity index (χ3v) is 5.84. The van der Waals surface area contributed by atoms with E-state index < -0.39 is 22.0 Å². The molecule has 27 heavy (non-hydrogen) atoms. The molecule has 11 heteroatoms. The highest BCUT2D eigenvalue weighted by atomic mass is 32.2. The number of fused-ring (bicyclic) bond motifs is 1. The van der Waals surface area contributed by atoms with Crippen molar-refractivity contribution in [1.82, 2.24) is 24.6 Å². The molecule has 0 saturated heterocycles. The van der Waals surface area contributed by atoms with Gasteiger partial charge < -0.3 is 9.73 Å². The van der Waals surface area contributed by atoms with E-state index >= 15 is 0 Å². The molecule has 0 radical (unpaired) electrons. The van der Waals surface area contributed by atoms with E-state index in [1.807, 2.05) is 35.1 Å². The van der Waals surface area contributed by atoms with Crippen LogP contribution in [0.1, 0.15) is 28.8 Å². The van der Waals surface area contributed by atoms with Crippen LogP contribution in [0.25, 0.3) is 5.65 Å². The summed E-state index contributed by atoms with van der Waals surface area (Å²) in [5.74, 6) is 0.783. The molecule has 0 saturated carbocycles. The van der Waals surface area contributed by atoms with Crippen molar-refractivity contribution >= 4 is 33.3 Å². The monoisotopic (exact) mass is 409 g/mol. The lowest BCUT2D eigenvalue weighted by atomic mass is 10.2. The van der Waals surface area contributed by atoms with E-state index in [0.29, 0.717) is 17.9 Å². The zero-order valence-electron chi connectivity index (χ0n) is 14.7. The molecule has 9 nitrogen and oxygen atoms in total. The fraction of sp³-hybridized carbons (Fsp3) is 0.312. The molecule has 3 rings (SSSR count). The van der Waals surface area contributed by atoms with Gasteiger partial charge in [0.25, 0.3) is 15.9 Å². The number of aromatic nitrogens is 3. The van der Waals surface area contributed by atoms with E-state index in [1.54, 1.807) is 11.8 Å². The number of furan rings is 1. The van der Waals surface area contributed by atoms with Gasteiger partial charge in [-0.1, -0.05) is 6.07 Å². The van der Waals surface area contributed by atoms with Crippen LogP contribution in [-0.4, -0.2) is 48.0 Å². The molecule has 0 aliphatic heterocycles. The lowest BCUT2D eigenvalue weighted by Gasteiger charge is -2.16. The summed E-state index contributed by atoms with van der Waals surface area (Å²) < 4.78 is 32.7. The number of amides is 1. The van der Waals surface area contributed by atoms with Crippen LogP contribution in [-0.2, 0) is 10.0 Å². The first-order valence-corrected chi connectivity index (χ1v) is 11.0. The van der Waals surface area contributed by atoms with E-state index in [9.17, 15) is 13.2 Å². The Kier molecular flexibility index (Phi) is 5.82. The summed E-state index contributed by atoms with van der Waals surface area (Å²) in [5, 5.41) is 10.9. The molecule has 0 aliphatic rings. The highest BCUT2D eigenvalue weighted by Crippen LogP contribution is 2.20. The summed E-state index contributed by atoms with van der Waals surface area (Å²) in [6, 6.07) is 7.70. The molecule has 0 bridgehead atoms. The second-order valence-corrected chi connectivity index (χ2v) is 8.42. The Morgan fingerprint density at radius 1 is 1.30 bits per heavy atom. The topological polar surface area (TPSA) is 119 Å². The van der Waals surface area contributed by atoms with Gasteiger partial charge in [-0.3, -0.25) is 9.20 Å². The highest BCUT2D eigenvalue weighted by molar-refractivity contribution is 7.98. The van der Waals surface area contributed by atoms with Crippen molar-refractivity contribution in [3.05, 3.63) is 48.1 Å². The van der Waals surface area contributed by atoms with Crippen molar-refractivity contribution < 1.29 is 17.6 Å². The number of thioether (sulfide) groups is 1. The van der Waals surface area contributed by atoms with Crippen LogP contribution in [0.5, 0.6) is 0 Å². The molecule has 0 spiro atoms. The van der Waals surface area contributed by atoms with Crippen LogP contribution in [0.4, 0.5) is 0 Å². The fourth-order valence-electron chi connectivity index (χ4n) is 2.52. The van der Waals surface area contributed by atoms with Gasteiger partial charge in [0.2, 0.25) is 5.09 Å². The minimum Gasteiger partial charge on any atom is -0.438 e. The van der Waals surface area contributed by atoms with E-state index in [2.05, 4.69) is 20.2 Å². The van der Waals surface area contributed by atoms with Crippen LogP contribution >= 0.6 is 11.8 Å². The summed E-state index contributed by atoms with van der Waals surface area (Å²) in [6.07, 6.45) is 4.43. The second kappa shape index (κ2) is 8.11. The van der Waals surface area contributed by atoms with E-state index in [-0.39, 0.29) is 10.9 Å². The molecule has 0 aliphatic carbocycles. The van der Waals surface area contributed by atoms with Crippen LogP contribution in [0.3, 0.4) is 0 Å². The number of carbonyl (C=O) groups is 1. The number of hydrogen-bond donors (Lipinski definition) is 2. The molecule has 0 aromatic carbocycles. The molecule has 2 N–H and O–H groups in total. The first-order valence-electron chi connectivity index (χ1n) is 8.09. The standard InChI is InChI=1S/C16H19N5O4S2/c1-17-27(23,24)14-7-6-12(25-14)16(22)18-11(8-10-26-2)15-20-19-13-5-3-4-9-21(13)15/h3-7,9,11,17H,8,10H2,1-2H3,(H,18,22). The third-order valence-electron chi connectivity index (χ3n) is 3.91. The number of rotatable bonds is 8. The smallest absolute Gasteiger partial charge is 0.287 e. The van der Waals surface area contributed by atoms with Crippen molar-refractivity contribution in [2.75, 3.05) is 19.1 Å². The van der Waals surface area contributed by atoms with Gasteiger partial charge in [-0.15, -0.1) is 10.2 Å². The normalized spacial score (nSPS) is 13.0. The Labute approximate surface area is 160 Å². The van der Waals surface area contributed by atoms with Gasteiger partial charge in [-0.2, -0.15) is 11.8 Å². The number of pyridine rings is 1. The average Bonchev–Trinajstić information content (AvgIpc) is 3.32. The van der Waals surface area contributed by atoms with Crippen LogP contribution < -0.4 is 10.0 Å². The zero-order chi connectivity index (χ0) is 19.4. The lowest BCUT2D eigenvalue weighted by Crippen LogP contribution is -2.30. The van der Waals surface area contributed by atoms with Crippen molar-refractivity contribution in [3.8, 4) is 0 Å². The predicted octanol–water partition coefficient (Wildman–Crippen LogP) is 1.45. The minimum atomic E-state index is -3.75. The predicted molar refractivity (Wildman–Crippen MR) is 101 cm³/mol. The van der Waals surface area contributed by atoms with Crippen molar-refractivity contribution in [3.63, 3.8) is 0 Å². The number of sulfonamides is 1. The molecule has 3 aromatic heterocycles. The number of hydrogen-bond acceptors (Lipinski definition) is 7. The Hall–Kier alpha value is -2.37. The third kappa shape index (κ3) is 4.15. The number of carbonyl (C=O) groups excluding carboxylic acids is 1. The van der Waals surface area contributed by atoms with E-state index in [0.717, 1.165) is 5.75 Å². The number of nitrogens with zero attached hydrogens (tertiary/aromatic N) is 3. The highest BCUT2D eigenvalue weighted by Gasteiger charge is 2.24. The first kappa shape index (κ1) is 19.4. The maximum Gasteiger partial charge on any atom is 0.287 e. The maximum absolute atomic E-state index is 12.6. The summed E-state index contributed by atoms with van der Waals surface area (Å²) in [7, 11) is -2.48. The minimum absolute atomic E-state index is 0.0909. The zero-order valence-corrected chi connectivity index (χ0v) is 16.4. The van der Waals surface area contributed by atoms with E-state index in [1.165, 1.54) is 19.2 Å². The van der Waals surface area contributed by atoms with E-state index in [4.69, 9.17) is 4.42 Å². The van der Waals surface area contributed by atoms with Crippen molar-refractivity contribution in [1.29, 1.82) is 0 Å². The Bertz CT molecular complexity index is 1040. The molecule has 1 amide bonds. The van der Waals surface area contributed by atoms with Gasteiger partial charge >= 0.3 is 0 Å². The van der Waals surface area contributed by atoms with Gasteiger partial charge in [0, 0.05) is 6.20 Å². The van der Waals surface area contributed by atoms with Gasteiger partial charge in [0.15, 0.2) is 17.2 Å². The molecule has 1 atom stereocenters. The van der Waals surface area contributed by atoms with Crippen molar-refractivity contribution in [2.45, 2.75) is 17.6 Å². The fourth-order valence-corrected chi connectivity index (χ4v) is 3.63. The van der Waals surface area contributed by atoms with Crippen LogP contribution in [0.15, 0.2) is 46.0 Å². The summed E-state index contributed by atoms with van der Waals surface area (Å²) in [6.45, 7) is 0. The molecular formula is C16H19N5O4S2. The Balaban J connectivity index is 1.86. The first-order chi connectivity index (χ1) is 13.0. The van der Waals surface area contributed by atoms with Gasteiger partial charge in [0.1, 0.15) is 0 Å². The average molecular weight is 409 g/mol. The Morgan fingerprint density at radius 3 is 2.85 bits per heavy atom. The molecule has 1 unspecified atom stereocenters. The summed E-state index contributed by atoms with van der Waals surface area (Å²) in [5.41, 5.74) is 0.677. The lowest BCUT2D eigenvalue weighted by molar-refractivity contribution is 0.0900. The molecule has 0 fully saturated rings. The van der Waals surface area contributed by atoms with Crippen LogP contribution in [0.2, 0.25) is 0 Å². The van der Waals surface area contributed by atoms with Crippen molar-refractivity contribution in [2.24, 2.45) is 0 Å². The van der Waals surface area contributed by atoms with Crippen LogP contribution in [0, 0.1) is 0 Å². The molecule has 144 valence electrons. The second-order valence-electron chi connectivity index (χ2n) is 5.62. The largest absolute Gasteiger partial charge is 0.438 e. The number of nitrogens with one attached hydrogen (secondary N) is 2. The molecule has 3 heterocycles. The Morgan fingerprint density at radius 2 is 2.11 bits per heavy atom. The quantitative estimate of drug-likeness (QED) is 0.578.